The third-order valence-electron chi connectivity index (χ3n) is 5.11. The Hall–Kier alpha value is -3.19. The lowest BCUT2D eigenvalue weighted by Crippen LogP contribution is -2.28. The summed E-state index contributed by atoms with van der Waals surface area (Å²) in [6.07, 6.45) is 3.35. The normalized spacial score (nSPS) is 11.8. The van der Waals surface area contributed by atoms with E-state index < -0.39 is 9.84 Å². The average molecular weight is 452 g/mol. The van der Waals surface area contributed by atoms with Crippen LogP contribution in [-0.4, -0.2) is 19.4 Å². The molecule has 7 heteroatoms. The number of benzene rings is 2. The van der Waals surface area contributed by atoms with Crippen molar-refractivity contribution in [3.8, 4) is 0 Å². The van der Waals surface area contributed by atoms with Gasteiger partial charge in [0.1, 0.15) is 0 Å². The van der Waals surface area contributed by atoms with E-state index in [4.69, 9.17) is 0 Å². The number of sulfone groups is 1. The molecule has 0 atom stereocenters. The average Bonchev–Trinajstić information content (AvgIpc) is 2.74. The second-order valence-electron chi connectivity index (χ2n) is 8.85. The molecule has 2 N–H and O–H groups in total. The van der Waals surface area contributed by atoms with E-state index in [-0.39, 0.29) is 22.1 Å². The minimum Gasteiger partial charge on any atom is -0.334 e. The maximum Gasteiger partial charge on any atom is 0.319 e. The van der Waals surface area contributed by atoms with Crippen LogP contribution in [0.5, 0.6) is 0 Å². The molecule has 32 heavy (non-hydrogen) atoms. The van der Waals surface area contributed by atoms with Gasteiger partial charge in [-0.25, -0.2) is 13.2 Å². The molecule has 2 amide bonds. The van der Waals surface area contributed by atoms with E-state index in [1.807, 2.05) is 31.2 Å². The number of urea groups is 1. The van der Waals surface area contributed by atoms with E-state index in [9.17, 15) is 13.2 Å². The molecule has 0 fully saturated rings. The Kier molecular flexibility index (Phi) is 6.99. The predicted molar refractivity (Wildman–Crippen MR) is 127 cm³/mol. The van der Waals surface area contributed by atoms with Crippen molar-refractivity contribution in [3.05, 3.63) is 89.2 Å². The first-order valence-corrected chi connectivity index (χ1v) is 12.1. The number of anilines is 1. The van der Waals surface area contributed by atoms with Gasteiger partial charge in [-0.1, -0.05) is 45.0 Å². The monoisotopic (exact) mass is 451 g/mol. The van der Waals surface area contributed by atoms with Crippen LogP contribution in [0.4, 0.5) is 10.5 Å². The van der Waals surface area contributed by atoms with Crippen molar-refractivity contribution in [3.63, 3.8) is 0 Å². The van der Waals surface area contributed by atoms with Crippen LogP contribution in [0.15, 0.2) is 71.9 Å². The molecule has 0 aliphatic carbocycles. The summed E-state index contributed by atoms with van der Waals surface area (Å²) in [5.74, 6) is -0.0747. The number of nitrogens with one attached hydrogen (secondary N) is 2. The maximum atomic E-state index is 12.9. The molecule has 0 bridgehead atoms. The second kappa shape index (κ2) is 9.53. The molecule has 0 unspecified atom stereocenters. The fourth-order valence-electron chi connectivity index (χ4n) is 3.48. The van der Waals surface area contributed by atoms with Gasteiger partial charge in [0.15, 0.2) is 9.84 Å². The number of hydrogen-bond acceptors (Lipinski definition) is 4. The molecular formula is C25H29N3O3S. The lowest BCUT2D eigenvalue weighted by atomic mass is 9.83. The zero-order chi connectivity index (χ0) is 23.4. The van der Waals surface area contributed by atoms with Gasteiger partial charge in [-0.2, -0.15) is 0 Å². The third-order valence-corrected chi connectivity index (χ3v) is 6.82. The topological polar surface area (TPSA) is 88.2 Å². The summed E-state index contributed by atoms with van der Waals surface area (Å²) >= 11 is 0. The first-order valence-electron chi connectivity index (χ1n) is 10.4. The van der Waals surface area contributed by atoms with Crippen molar-refractivity contribution in [2.45, 2.75) is 50.3 Å². The molecule has 168 valence electrons. The number of rotatable bonds is 6. The molecule has 6 nitrogen and oxygen atoms in total. The standard InChI is InChI=1S/C25H29N3O3S/c1-18-7-8-19(14-23(18)25(2,3)4)17-32(30,31)22-11-9-21(10-12-22)28-24(29)27-16-20-6-5-13-26-15-20/h5-15H,16-17H2,1-4H3,(H2,27,28,29). The van der Waals surface area contributed by atoms with Crippen LogP contribution in [0.25, 0.3) is 0 Å². The fourth-order valence-corrected chi connectivity index (χ4v) is 4.81. The first-order chi connectivity index (χ1) is 15.0. The van der Waals surface area contributed by atoms with E-state index in [1.54, 1.807) is 30.6 Å². The molecule has 2 aromatic carbocycles. The largest absolute Gasteiger partial charge is 0.334 e. The number of nitrogens with zero attached hydrogens (tertiary/aromatic N) is 1. The Balaban J connectivity index is 1.65. The van der Waals surface area contributed by atoms with Crippen LogP contribution in [0, 0.1) is 6.92 Å². The van der Waals surface area contributed by atoms with Crippen molar-refractivity contribution >= 4 is 21.6 Å². The Labute approximate surface area is 190 Å². The number of aryl methyl sites for hydroxylation is 1. The number of pyridine rings is 1. The number of amides is 2. The van der Waals surface area contributed by atoms with Gasteiger partial charge < -0.3 is 10.6 Å². The molecule has 3 rings (SSSR count). The lowest BCUT2D eigenvalue weighted by Gasteiger charge is -2.22. The smallest absolute Gasteiger partial charge is 0.319 e. The Morgan fingerprint density at radius 3 is 2.34 bits per heavy atom. The summed E-state index contributed by atoms with van der Waals surface area (Å²) < 4.78 is 25.9. The minimum absolute atomic E-state index is 0.0607. The quantitative estimate of drug-likeness (QED) is 0.553. The molecule has 1 heterocycles. The molecule has 1 aromatic heterocycles. The van der Waals surface area contributed by atoms with Crippen LogP contribution < -0.4 is 10.6 Å². The molecule has 0 saturated heterocycles. The van der Waals surface area contributed by atoms with Gasteiger partial charge in [-0.05, 0) is 64.9 Å². The van der Waals surface area contributed by atoms with Crippen molar-refractivity contribution in [2.75, 3.05) is 5.32 Å². The van der Waals surface area contributed by atoms with E-state index in [0.29, 0.717) is 12.2 Å². The van der Waals surface area contributed by atoms with Gasteiger partial charge >= 0.3 is 6.03 Å². The van der Waals surface area contributed by atoms with Gasteiger partial charge in [-0.15, -0.1) is 0 Å². The summed E-state index contributed by atoms with van der Waals surface area (Å²) in [6.45, 7) is 8.74. The summed E-state index contributed by atoms with van der Waals surface area (Å²) in [7, 11) is -3.52. The van der Waals surface area contributed by atoms with Crippen molar-refractivity contribution in [1.82, 2.24) is 10.3 Å². The molecule has 3 aromatic rings. The van der Waals surface area contributed by atoms with E-state index in [0.717, 1.165) is 22.3 Å². The zero-order valence-corrected chi connectivity index (χ0v) is 19.7. The zero-order valence-electron chi connectivity index (χ0n) is 18.8. The number of aromatic nitrogens is 1. The summed E-state index contributed by atoms with van der Waals surface area (Å²) in [4.78, 5) is 16.3. The van der Waals surface area contributed by atoms with Gasteiger partial charge in [0.2, 0.25) is 0 Å². The van der Waals surface area contributed by atoms with Gasteiger partial charge in [-0.3, -0.25) is 4.98 Å². The van der Waals surface area contributed by atoms with E-state index in [1.165, 1.54) is 12.1 Å². The van der Waals surface area contributed by atoms with Crippen molar-refractivity contribution in [2.24, 2.45) is 0 Å². The van der Waals surface area contributed by atoms with Gasteiger partial charge in [0.05, 0.1) is 10.6 Å². The molecule has 0 aliphatic rings. The summed E-state index contributed by atoms with van der Waals surface area (Å²) in [5.41, 5.74) is 4.39. The maximum absolute atomic E-state index is 12.9. The van der Waals surface area contributed by atoms with E-state index >= 15 is 0 Å². The fraction of sp³-hybridized carbons (Fsp3) is 0.280. The predicted octanol–water partition coefficient (Wildman–Crippen LogP) is 4.98. The highest BCUT2D eigenvalue weighted by Gasteiger charge is 2.20. The highest BCUT2D eigenvalue weighted by atomic mass is 32.2. The van der Waals surface area contributed by atoms with Crippen LogP contribution in [0.1, 0.15) is 43.0 Å². The van der Waals surface area contributed by atoms with Crippen molar-refractivity contribution < 1.29 is 13.2 Å². The highest BCUT2D eigenvalue weighted by molar-refractivity contribution is 7.90. The van der Waals surface area contributed by atoms with Crippen molar-refractivity contribution in [1.29, 1.82) is 0 Å². The van der Waals surface area contributed by atoms with Crippen LogP contribution in [0.3, 0.4) is 0 Å². The molecule has 0 saturated carbocycles. The Bertz CT molecular complexity index is 1180. The lowest BCUT2D eigenvalue weighted by molar-refractivity contribution is 0.251. The third kappa shape index (κ3) is 6.17. The molecule has 0 aliphatic heterocycles. The number of carbonyl (C=O) groups excluding carboxylic acids is 1. The molecule has 0 spiro atoms. The Morgan fingerprint density at radius 2 is 1.72 bits per heavy atom. The van der Waals surface area contributed by atoms with Crippen LogP contribution in [-0.2, 0) is 27.5 Å². The summed E-state index contributed by atoms with van der Waals surface area (Å²) in [5, 5.41) is 5.44. The minimum atomic E-state index is -3.52. The van der Waals surface area contributed by atoms with Crippen LogP contribution >= 0.6 is 0 Å². The Morgan fingerprint density at radius 1 is 1.00 bits per heavy atom. The van der Waals surface area contributed by atoms with E-state index in [2.05, 4.69) is 36.4 Å². The summed E-state index contributed by atoms with van der Waals surface area (Å²) in [6, 6.07) is 15.3. The van der Waals surface area contributed by atoms with Crippen LogP contribution in [0.2, 0.25) is 0 Å². The SMILES string of the molecule is Cc1ccc(CS(=O)(=O)c2ccc(NC(=O)NCc3cccnc3)cc2)cc1C(C)(C)C. The second-order valence-corrected chi connectivity index (χ2v) is 10.8. The van der Waals surface area contributed by atoms with Gasteiger partial charge in [0.25, 0.3) is 0 Å². The highest BCUT2D eigenvalue weighted by Crippen LogP contribution is 2.28. The first kappa shape index (κ1) is 23.5. The molecule has 0 radical (unpaired) electrons. The number of carbonyl (C=O) groups is 1. The van der Waals surface area contributed by atoms with Gasteiger partial charge in [0, 0.05) is 24.6 Å². The number of hydrogen-bond donors (Lipinski definition) is 2. The molecular weight excluding hydrogens is 422 g/mol.